The number of hydrogen-bond acceptors (Lipinski definition) is 4. The van der Waals surface area contributed by atoms with Crippen LogP contribution < -0.4 is 0 Å². The molecule has 0 N–H and O–H groups in total. The van der Waals surface area contributed by atoms with Gasteiger partial charge in [0, 0.05) is 0 Å². The first kappa shape index (κ1) is 19.4. The highest BCUT2D eigenvalue weighted by molar-refractivity contribution is 7.48. The van der Waals surface area contributed by atoms with E-state index in [1.54, 1.807) is 0 Å². The summed E-state index contributed by atoms with van der Waals surface area (Å²) in [4.78, 5) is 0. The number of benzene rings is 1. The van der Waals surface area contributed by atoms with Crippen molar-refractivity contribution in [1.82, 2.24) is 0 Å². The summed E-state index contributed by atoms with van der Waals surface area (Å²) in [5.41, 5.74) is -1.18. The maximum atomic E-state index is 13.2. The van der Waals surface area contributed by atoms with Crippen LogP contribution in [0, 0.1) is 0 Å². The third-order valence-corrected chi connectivity index (χ3v) is 4.80. The van der Waals surface area contributed by atoms with Crippen LogP contribution >= 0.6 is 7.82 Å². The van der Waals surface area contributed by atoms with Crippen molar-refractivity contribution in [1.29, 1.82) is 0 Å². The molecule has 1 aromatic carbocycles. The lowest BCUT2D eigenvalue weighted by Gasteiger charge is -2.36. The Morgan fingerprint density at radius 1 is 0.727 bits per heavy atom. The van der Waals surface area contributed by atoms with E-state index in [9.17, 15) is 4.57 Å². The molecule has 0 aliphatic rings. The van der Waals surface area contributed by atoms with E-state index in [1.807, 2.05) is 85.7 Å². The topological polar surface area (TPSA) is 44.8 Å². The molecule has 0 atom stereocenters. The van der Waals surface area contributed by atoms with Crippen LogP contribution in [-0.2, 0) is 23.7 Å². The smallest absolute Gasteiger partial charge is 0.281 e. The Bertz CT molecular complexity index is 504. The third-order valence-electron chi connectivity index (χ3n) is 2.58. The Kier molecular flexibility index (Phi) is 5.68. The van der Waals surface area contributed by atoms with E-state index in [2.05, 4.69) is 0 Å². The fraction of sp³-hybridized carbons (Fsp3) is 0.647. The van der Waals surface area contributed by atoms with Crippen molar-refractivity contribution in [2.75, 3.05) is 0 Å². The molecule has 1 rings (SSSR count). The molecule has 4 nitrogen and oxygen atoms in total. The van der Waals surface area contributed by atoms with Crippen LogP contribution in [0.3, 0.4) is 0 Å². The lowest BCUT2D eigenvalue weighted by molar-refractivity contribution is -0.0335. The average Bonchev–Trinajstić information content (AvgIpc) is 2.23. The minimum absolute atomic E-state index is 0.645. The lowest BCUT2D eigenvalue weighted by Crippen LogP contribution is -2.29. The van der Waals surface area contributed by atoms with Crippen molar-refractivity contribution < 1.29 is 18.1 Å². The summed E-state index contributed by atoms with van der Waals surface area (Å²) < 4.78 is 30.4. The minimum Gasteiger partial charge on any atom is -0.281 e. The van der Waals surface area contributed by atoms with E-state index in [0.717, 1.165) is 5.56 Å². The Morgan fingerprint density at radius 2 is 1.14 bits per heavy atom. The predicted octanol–water partition coefficient (Wildman–Crippen LogP) is 5.68. The quantitative estimate of drug-likeness (QED) is 0.653. The van der Waals surface area contributed by atoms with Crippen molar-refractivity contribution >= 4 is 7.82 Å². The Hall–Kier alpha value is -0.670. The second-order valence-corrected chi connectivity index (χ2v) is 9.26. The molecule has 0 aliphatic carbocycles. The van der Waals surface area contributed by atoms with E-state index in [1.165, 1.54) is 0 Å². The van der Waals surface area contributed by atoms with Crippen molar-refractivity contribution in [3.63, 3.8) is 0 Å². The highest BCUT2D eigenvalue weighted by Gasteiger charge is 2.42. The first-order valence-corrected chi connectivity index (χ1v) is 8.96. The summed E-state index contributed by atoms with van der Waals surface area (Å²) in [6.45, 7) is 14.7. The summed E-state index contributed by atoms with van der Waals surface area (Å²) in [5.74, 6) is 0. The summed E-state index contributed by atoms with van der Waals surface area (Å²) in [6, 6.07) is 9.62. The highest BCUT2D eigenvalue weighted by atomic mass is 31.2. The van der Waals surface area contributed by atoms with Crippen molar-refractivity contribution in [2.45, 2.75) is 72.2 Å². The number of rotatable bonds is 5. The average molecular weight is 328 g/mol. The SMILES string of the molecule is CC(C)(C)OP(=O)(OC(C)(C)C)OC(C)(C)c1ccccc1. The Balaban J connectivity index is 3.10. The van der Waals surface area contributed by atoms with E-state index >= 15 is 0 Å². The van der Waals surface area contributed by atoms with E-state index in [4.69, 9.17) is 13.6 Å². The second-order valence-electron chi connectivity index (χ2n) is 7.82. The van der Waals surface area contributed by atoms with Crippen LogP contribution in [0.25, 0.3) is 0 Å². The van der Waals surface area contributed by atoms with Crippen LogP contribution in [0.2, 0.25) is 0 Å². The zero-order chi connectivity index (χ0) is 17.2. The van der Waals surface area contributed by atoms with E-state index < -0.39 is 24.6 Å². The third kappa shape index (κ3) is 6.62. The first-order chi connectivity index (χ1) is 9.73. The Morgan fingerprint density at radius 3 is 1.50 bits per heavy atom. The summed E-state index contributed by atoms with van der Waals surface area (Å²) in [7, 11) is -3.75. The van der Waals surface area contributed by atoms with Crippen LogP contribution in [0.1, 0.15) is 61.0 Å². The molecule has 0 bridgehead atoms. The standard InChI is InChI=1S/C17H29O4P/c1-15(2,3)19-22(18,20-16(4,5)6)21-17(7,8)14-12-10-9-11-13-14/h9-13H,1-8H3. The zero-order valence-electron chi connectivity index (χ0n) is 15.0. The van der Waals surface area contributed by atoms with Gasteiger partial charge in [0.15, 0.2) is 0 Å². The maximum absolute atomic E-state index is 13.2. The zero-order valence-corrected chi connectivity index (χ0v) is 15.9. The molecule has 0 fully saturated rings. The molecule has 126 valence electrons. The number of phosphoric acid groups is 1. The predicted molar refractivity (Wildman–Crippen MR) is 89.8 cm³/mol. The molecule has 5 heteroatoms. The van der Waals surface area contributed by atoms with Crippen LogP contribution in [0.4, 0.5) is 0 Å². The normalized spacial score (nSPS) is 14.2. The van der Waals surface area contributed by atoms with Gasteiger partial charge in [-0.1, -0.05) is 30.3 Å². The van der Waals surface area contributed by atoms with Gasteiger partial charge in [0.1, 0.15) is 0 Å². The van der Waals surface area contributed by atoms with Crippen LogP contribution in [0.5, 0.6) is 0 Å². The monoisotopic (exact) mass is 328 g/mol. The molecule has 1 aromatic rings. The molecule has 0 unspecified atom stereocenters. The second kappa shape index (κ2) is 6.45. The summed E-state index contributed by atoms with van der Waals surface area (Å²) in [5, 5.41) is 0. The fourth-order valence-electron chi connectivity index (χ4n) is 1.90. The van der Waals surface area contributed by atoms with E-state index in [0.29, 0.717) is 0 Å². The van der Waals surface area contributed by atoms with Crippen molar-refractivity contribution in [3.05, 3.63) is 35.9 Å². The molecular weight excluding hydrogens is 299 g/mol. The molecule has 0 saturated heterocycles. The first-order valence-electron chi connectivity index (χ1n) is 7.50. The summed E-state index contributed by atoms with van der Waals surface area (Å²) >= 11 is 0. The van der Waals surface area contributed by atoms with Gasteiger partial charge in [-0.15, -0.1) is 0 Å². The molecule has 0 spiro atoms. The minimum atomic E-state index is -3.75. The fourth-order valence-corrected chi connectivity index (χ4v) is 4.02. The number of phosphoric ester groups is 1. The molecule has 0 aliphatic heterocycles. The molecular formula is C17H29O4P. The van der Waals surface area contributed by atoms with E-state index in [-0.39, 0.29) is 0 Å². The van der Waals surface area contributed by atoms with Gasteiger partial charge < -0.3 is 0 Å². The summed E-state index contributed by atoms with van der Waals surface area (Å²) in [6.07, 6.45) is 0. The number of hydrogen-bond donors (Lipinski definition) is 0. The van der Waals surface area contributed by atoms with Crippen LogP contribution in [-0.4, -0.2) is 11.2 Å². The van der Waals surface area contributed by atoms with Gasteiger partial charge in [0.25, 0.3) is 0 Å². The molecule has 0 radical (unpaired) electrons. The van der Waals surface area contributed by atoms with Gasteiger partial charge in [0.2, 0.25) is 0 Å². The molecule has 0 heterocycles. The lowest BCUT2D eigenvalue weighted by atomic mass is 9.99. The highest BCUT2D eigenvalue weighted by Crippen LogP contribution is 2.59. The van der Waals surface area contributed by atoms with Gasteiger partial charge in [-0.25, -0.2) is 4.57 Å². The maximum Gasteiger partial charge on any atom is 0.476 e. The van der Waals surface area contributed by atoms with Gasteiger partial charge in [-0.05, 0) is 61.0 Å². The molecule has 0 amide bonds. The van der Waals surface area contributed by atoms with Gasteiger partial charge >= 0.3 is 7.82 Å². The Labute approximate surface area is 134 Å². The van der Waals surface area contributed by atoms with Gasteiger partial charge in [-0.2, -0.15) is 0 Å². The molecule has 22 heavy (non-hydrogen) atoms. The van der Waals surface area contributed by atoms with Gasteiger partial charge in [-0.3, -0.25) is 13.6 Å². The van der Waals surface area contributed by atoms with Crippen molar-refractivity contribution in [2.24, 2.45) is 0 Å². The molecule has 0 aromatic heterocycles. The van der Waals surface area contributed by atoms with Crippen molar-refractivity contribution in [3.8, 4) is 0 Å². The van der Waals surface area contributed by atoms with Gasteiger partial charge in [0.05, 0.1) is 16.8 Å². The molecule has 0 saturated carbocycles. The van der Waals surface area contributed by atoms with Crippen LogP contribution in [0.15, 0.2) is 30.3 Å². The largest absolute Gasteiger partial charge is 0.476 e.